The molecule has 0 aliphatic heterocycles. The van der Waals surface area contributed by atoms with E-state index in [1.54, 1.807) is 0 Å². The van der Waals surface area contributed by atoms with Crippen LogP contribution in [0.4, 0.5) is 0 Å². The van der Waals surface area contributed by atoms with Crippen LogP contribution in [0.25, 0.3) is 0 Å². The van der Waals surface area contributed by atoms with E-state index in [0.29, 0.717) is 0 Å². The van der Waals surface area contributed by atoms with Crippen LogP contribution in [-0.4, -0.2) is 28.2 Å². The largest absolute Gasteiger partial charge is 0.479 e. The average molecular weight is 398 g/mol. The number of rotatable bonds is 0. The van der Waals surface area contributed by atoms with Crippen molar-refractivity contribution in [2.45, 2.75) is 31.7 Å². The predicted octanol–water partition coefficient (Wildman–Crippen LogP) is -0.469. The Morgan fingerprint density at radius 2 is 1.67 bits per heavy atom. The number of hydrogen-bond donors (Lipinski definition) is 4. The van der Waals surface area contributed by atoms with Crippen LogP contribution < -0.4 is 11.5 Å². The van der Waals surface area contributed by atoms with E-state index < -0.39 is 11.9 Å². The first-order chi connectivity index (χ1) is 6.45. The molecule has 0 heterocycles. The third kappa shape index (κ3) is 8.54. The van der Waals surface area contributed by atoms with Gasteiger partial charge < -0.3 is 21.7 Å². The van der Waals surface area contributed by atoms with E-state index in [4.69, 9.17) is 31.3 Å². The Hall–Kier alpha value is -0.452. The normalized spacial score (nSPS) is 20.5. The molecule has 1 aliphatic carbocycles. The van der Waals surface area contributed by atoms with E-state index in [1.807, 2.05) is 0 Å². The number of carbonyl (C=O) groups is 2. The monoisotopic (exact) mass is 398 g/mol. The molecule has 0 radical (unpaired) electrons. The van der Waals surface area contributed by atoms with Gasteiger partial charge in [-0.1, -0.05) is 19.3 Å². The maximum absolute atomic E-state index is 9.10. The minimum atomic E-state index is -1.82. The minimum Gasteiger partial charge on any atom is -0.479 e. The molecule has 1 fully saturated rings. The maximum atomic E-state index is 9.10. The van der Waals surface area contributed by atoms with Crippen molar-refractivity contribution < 1.29 is 40.9 Å². The van der Waals surface area contributed by atoms with E-state index in [-0.39, 0.29) is 27.1 Å². The topological polar surface area (TPSA) is 127 Å². The summed E-state index contributed by atoms with van der Waals surface area (Å²) < 4.78 is 0. The van der Waals surface area contributed by atoms with Gasteiger partial charge in [-0.2, -0.15) is 6.42 Å². The quantitative estimate of drug-likeness (QED) is 0.323. The first-order valence-corrected chi connectivity index (χ1v) is 4.28. The fourth-order valence-electron chi connectivity index (χ4n) is 1.06. The molecule has 7 heteroatoms. The third-order valence-electron chi connectivity index (χ3n) is 1.89. The summed E-state index contributed by atoms with van der Waals surface area (Å²) in [5, 5.41) is 14.8. The van der Waals surface area contributed by atoms with E-state index in [0.717, 1.165) is 18.9 Å². The standard InChI is InChI=1S/C6H13N2.C2H2O4.Pt/c7-5-3-1-2-4-6(5)8;3-1(4)2(5)6;/h5H,1-4,7-8H2;(H,3,4)(H,5,6);/q-1;;/t5-;;/m1../s1. The zero-order valence-corrected chi connectivity index (χ0v) is 10.4. The van der Waals surface area contributed by atoms with Crippen molar-refractivity contribution in [1.29, 1.82) is 0 Å². The molecule has 0 saturated heterocycles. The molecule has 15 heavy (non-hydrogen) atoms. The Labute approximate surface area is 102 Å². The van der Waals surface area contributed by atoms with Gasteiger partial charge >= 0.3 is 11.9 Å². The van der Waals surface area contributed by atoms with Gasteiger partial charge in [0.2, 0.25) is 0 Å². The summed E-state index contributed by atoms with van der Waals surface area (Å²) in [6.07, 6.45) is 4.62. The van der Waals surface area contributed by atoms with Crippen molar-refractivity contribution in [2.75, 3.05) is 0 Å². The van der Waals surface area contributed by atoms with Crippen LogP contribution in [0.5, 0.6) is 0 Å². The fourth-order valence-corrected chi connectivity index (χ4v) is 1.06. The maximum Gasteiger partial charge on any atom is 0.414 e. The van der Waals surface area contributed by atoms with Gasteiger partial charge in [-0.25, -0.2) is 15.6 Å². The Kier molecular flexibility index (Phi) is 9.98. The van der Waals surface area contributed by atoms with Crippen LogP contribution in [-0.2, 0) is 30.7 Å². The summed E-state index contributed by atoms with van der Waals surface area (Å²) in [7, 11) is 0. The SMILES string of the molecule is N[C-]1CCCC[C@H]1N.O=C(O)C(=O)O.[Pt]. The molecule has 6 nitrogen and oxygen atoms in total. The molecule has 92 valence electrons. The molecular formula is C8H15N2O4Pt-. The second-order valence-electron chi connectivity index (χ2n) is 3.04. The van der Waals surface area contributed by atoms with Crippen molar-refractivity contribution in [3.8, 4) is 0 Å². The van der Waals surface area contributed by atoms with Gasteiger partial charge in [-0.05, 0) is 0 Å². The Bertz CT molecular complexity index is 191. The molecular weight excluding hydrogens is 383 g/mol. The number of nitrogens with two attached hydrogens (primary N) is 2. The summed E-state index contributed by atoms with van der Waals surface area (Å²) >= 11 is 0. The van der Waals surface area contributed by atoms with Gasteiger partial charge in [0.15, 0.2) is 0 Å². The molecule has 0 spiro atoms. The van der Waals surface area contributed by atoms with Crippen molar-refractivity contribution in [3.05, 3.63) is 6.04 Å². The van der Waals surface area contributed by atoms with E-state index in [2.05, 4.69) is 0 Å². The number of carboxylic acids is 2. The van der Waals surface area contributed by atoms with Crippen molar-refractivity contribution in [2.24, 2.45) is 11.5 Å². The van der Waals surface area contributed by atoms with E-state index in [9.17, 15) is 0 Å². The summed E-state index contributed by atoms with van der Waals surface area (Å²) in [4.78, 5) is 18.2. The molecule has 0 amide bonds. The van der Waals surface area contributed by atoms with E-state index >= 15 is 0 Å². The molecule has 1 saturated carbocycles. The van der Waals surface area contributed by atoms with Crippen LogP contribution in [0.3, 0.4) is 0 Å². The van der Waals surface area contributed by atoms with Crippen LogP contribution in [0, 0.1) is 6.04 Å². The molecule has 1 rings (SSSR count). The average Bonchev–Trinajstić information content (AvgIpc) is 2.11. The molecule has 0 aromatic rings. The van der Waals surface area contributed by atoms with Crippen LogP contribution >= 0.6 is 0 Å². The fraction of sp³-hybridized carbons (Fsp3) is 0.625. The van der Waals surface area contributed by atoms with Crippen molar-refractivity contribution in [3.63, 3.8) is 0 Å². The zero-order valence-electron chi connectivity index (χ0n) is 8.09. The molecule has 0 unspecified atom stereocenters. The van der Waals surface area contributed by atoms with Crippen LogP contribution in [0.1, 0.15) is 25.7 Å². The summed E-state index contributed by atoms with van der Waals surface area (Å²) in [6, 6.07) is 1.19. The number of hydrogen-bond acceptors (Lipinski definition) is 4. The number of aliphatic carboxylic acids is 2. The van der Waals surface area contributed by atoms with Gasteiger partial charge in [-0.3, -0.25) is 0 Å². The number of carboxylic acid groups (broad SMARTS) is 2. The second kappa shape index (κ2) is 8.82. The van der Waals surface area contributed by atoms with Gasteiger partial charge in [0.05, 0.1) is 0 Å². The summed E-state index contributed by atoms with van der Waals surface area (Å²) in [5.74, 6) is -3.65. The van der Waals surface area contributed by atoms with Crippen molar-refractivity contribution >= 4 is 11.9 Å². The predicted molar refractivity (Wildman–Crippen MR) is 49.1 cm³/mol. The van der Waals surface area contributed by atoms with Crippen LogP contribution in [0.2, 0.25) is 0 Å². The molecule has 0 bridgehead atoms. The van der Waals surface area contributed by atoms with Gasteiger partial charge in [0, 0.05) is 21.1 Å². The Morgan fingerprint density at radius 1 is 1.20 bits per heavy atom. The van der Waals surface area contributed by atoms with E-state index in [1.165, 1.54) is 12.8 Å². The van der Waals surface area contributed by atoms with Crippen LogP contribution in [0.15, 0.2) is 0 Å². The zero-order chi connectivity index (χ0) is 11.1. The third-order valence-corrected chi connectivity index (χ3v) is 1.89. The molecule has 0 aromatic carbocycles. The molecule has 0 aromatic heterocycles. The smallest absolute Gasteiger partial charge is 0.414 e. The van der Waals surface area contributed by atoms with Gasteiger partial charge in [0.25, 0.3) is 0 Å². The van der Waals surface area contributed by atoms with Crippen molar-refractivity contribution in [1.82, 2.24) is 0 Å². The molecule has 1 atom stereocenters. The minimum absolute atomic E-state index is 0. The Morgan fingerprint density at radius 3 is 1.87 bits per heavy atom. The van der Waals surface area contributed by atoms with Gasteiger partial charge in [-0.15, -0.1) is 6.04 Å². The second-order valence-corrected chi connectivity index (χ2v) is 3.04. The summed E-state index contributed by atoms with van der Waals surface area (Å²) in [5.41, 5.74) is 11.2. The molecule has 6 N–H and O–H groups in total. The Balaban J connectivity index is 0. The first kappa shape index (κ1) is 17.0. The summed E-state index contributed by atoms with van der Waals surface area (Å²) in [6.45, 7) is 0. The van der Waals surface area contributed by atoms with Gasteiger partial charge in [0.1, 0.15) is 0 Å². The molecule has 1 aliphatic rings. The first-order valence-electron chi connectivity index (χ1n) is 4.28.